The van der Waals surface area contributed by atoms with Crippen molar-refractivity contribution in [3.05, 3.63) is 45.4 Å². The summed E-state index contributed by atoms with van der Waals surface area (Å²) in [6.45, 7) is 2.11. The van der Waals surface area contributed by atoms with Crippen molar-refractivity contribution in [1.82, 2.24) is 5.32 Å². The summed E-state index contributed by atoms with van der Waals surface area (Å²) >= 11 is 1.56. The molecule has 4 nitrogen and oxygen atoms in total. The zero-order valence-electron chi connectivity index (χ0n) is 11.8. The number of ketones is 1. The van der Waals surface area contributed by atoms with Crippen LogP contribution in [0.15, 0.2) is 40.6 Å². The number of hydrogen-bond acceptors (Lipinski definition) is 5. The topological polar surface area (TPSA) is 55.4 Å². The first-order valence-corrected chi connectivity index (χ1v) is 8.03. The number of dihydropyridines is 1. The van der Waals surface area contributed by atoms with E-state index >= 15 is 0 Å². The molecular weight excluding hydrogens is 286 g/mol. The largest absolute Gasteiger partial charge is 0.463 e. The summed E-state index contributed by atoms with van der Waals surface area (Å²) < 4.78 is 5.15. The maximum atomic E-state index is 12.4. The van der Waals surface area contributed by atoms with Gasteiger partial charge in [-0.15, -0.1) is 11.3 Å². The van der Waals surface area contributed by atoms with Gasteiger partial charge in [-0.05, 0) is 31.2 Å². The van der Waals surface area contributed by atoms with Gasteiger partial charge in [-0.3, -0.25) is 4.79 Å². The standard InChI is InChI=1S/C16H17NO3S/c1-2-20-16(19)10-9-17-11-5-3-6-12(18)15(11)14(10)13-7-4-8-21-13/h4,7-9,14,17H,2-3,5-6H2,1H3/t14-/m1/s1. The van der Waals surface area contributed by atoms with Crippen molar-refractivity contribution in [2.45, 2.75) is 32.1 Å². The number of nitrogens with one attached hydrogen (secondary N) is 1. The smallest absolute Gasteiger partial charge is 0.336 e. The van der Waals surface area contributed by atoms with Crippen LogP contribution < -0.4 is 5.32 Å². The maximum absolute atomic E-state index is 12.4. The van der Waals surface area contributed by atoms with E-state index in [-0.39, 0.29) is 17.7 Å². The van der Waals surface area contributed by atoms with Crippen molar-refractivity contribution < 1.29 is 14.3 Å². The van der Waals surface area contributed by atoms with E-state index in [9.17, 15) is 9.59 Å². The van der Waals surface area contributed by atoms with Crippen LogP contribution in [0.5, 0.6) is 0 Å². The molecule has 0 bridgehead atoms. The van der Waals surface area contributed by atoms with Crippen molar-refractivity contribution in [1.29, 1.82) is 0 Å². The Labute approximate surface area is 127 Å². The Bertz CT molecular complexity index is 628. The van der Waals surface area contributed by atoms with Gasteiger partial charge in [0.1, 0.15) is 0 Å². The number of ether oxygens (including phenoxy) is 1. The molecule has 0 aromatic carbocycles. The van der Waals surface area contributed by atoms with E-state index in [4.69, 9.17) is 4.74 Å². The molecule has 0 saturated carbocycles. The van der Waals surface area contributed by atoms with Crippen LogP contribution in [0.25, 0.3) is 0 Å². The molecule has 2 aliphatic rings. The van der Waals surface area contributed by atoms with Gasteiger partial charge in [-0.2, -0.15) is 0 Å². The van der Waals surface area contributed by atoms with E-state index in [1.807, 2.05) is 17.5 Å². The van der Waals surface area contributed by atoms with E-state index in [1.54, 1.807) is 24.5 Å². The second-order valence-corrected chi connectivity index (χ2v) is 6.06. The Balaban J connectivity index is 2.05. The monoisotopic (exact) mass is 303 g/mol. The van der Waals surface area contributed by atoms with E-state index in [0.717, 1.165) is 29.0 Å². The van der Waals surface area contributed by atoms with Crippen molar-refractivity contribution in [3.8, 4) is 0 Å². The molecule has 1 atom stereocenters. The second kappa shape index (κ2) is 5.85. The molecule has 0 spiro atoms. The fourth-order valence-electron chi connectivity index (χ4n) is 2.89. The van der Waals surface area contributed by atoms with E-state index < -0.39 is 0 Å². The van der Waals surface area contributed by atoms with Crippen LogP contribution in [-0.2, 0) is 14.3 Å². The summed E-state index contributed by atoms with van der Waals surface area (Å²) in [6.07, 6.45) is 3.98. The lowest BCUT2D eigenvalue weighted by molar-refractivity contribution is -0.138. The molecular formula is C16H17NO3S. The third-order valence-corrected chi connectivity index (χ3v) is 4.73. The fourth-order valence-corrected chi connectivity index (χ4v) is 3.75. The minimum atomic E-state index is -0.353. The first-order valence-electron chi connectivity index (χ1n) is 7.15. The number of allylic oxidation sites excluding steroid dienone is 2. The van der Waals surface area contributed by atoms with Crippen molar-refractivity contribution in [2.24, 2.45) is 0 Å². The van der Waals surface area contributed by atoms with Crippen LogP contribution in [0.1, 0.15) is 37.0 Å². The van der Waals surface area contributed by atoms with E-state index in [2.05, 4.69) is 5.32 Å². The number of esters is 1. The minimum absolute atomic E-state index is 0.136. The first-order chi connectivity index (χ1) is 10.2. The Hall–Kier alpha value is -1.88. The minimum Gasteiger partial charge on any atom is -0.463 e. The predicted octanol–water partition coefficient (Wildman–Crippen LogP) is 2.89. The molecule has 0 amide bonds. The van der Waals surface area contributed by atoms with Gasteiger partial charge in [0, 0.05) is 28.8 Å². The number of Topliss-reactive ketones (excluding diaryl/α,β-unsaturated/α-hetero) is 1. The molecule has 2 heterocycles. The van der Waals surface area contributed by atoms with Crippen LogP contribution in [0.2, 0.25) is 0 Å². The normalized spacial score (nSPS) is 21.5. The summed E-state index contributed by atoms with van der Waals surface area (Å²) in [7, 11) is 0. The Morgan fingerprint density at radius 1 is 1.48 bits per heavy atom. The zero-order valence-corrected chi connectivity index (χ0v) is 12.7. The van der Waals surface area contributed by atoms with Gasteiger partial charge in [0.15, 0.2) is 5.78 Å². The van der Waals surface area contributed by atoms with Crippen molar-refractivity contribution >= 4 is 23.1 Å². The molecule has 1 N–H and O–H groups in total. The van der Waals surface area contributed by atoms with Gasteiger partial charge in [0.25, 0.3) is 0 Å². The molecule has 110 valence electrons. The highest BCUT2D eigenvalue weighted by molar-refractivity contribution is 7.10. The Morgan fingerprint density at radius 2 is 2.33 bits per heavy atom. The lowest BCUT2D eigenvalue weighted by Gasteiger charge is -2.30. The molecule has 3 rings (SSSR count). The average Bonchev–Trinajstić information content (AvgIpc) is 3.00. The molecule has 0 fully saturated rings. The maximum Gasteiger partial charge on any atom is 0.336 e. The molecule has 0 saturated heterocycles. The summed E-state index contributed by atoms with van der Waals surface area (Å²) in [5, 5.41) is 5.10. The molecule has 1 aliphatic carbocycles. The number of carbonyl (C=O) groups is 2. The summed E-state index contributed by atoms with van der Waals surface area (Å²) in [4.78, 5) is 25.6. The fraction of sp³-hybridized carbons (Fsp3) is 0.375. The Kier molecular flexibility index (Phi) is 3.92. The molecule has 1 aliphatic heterocycles. The molecule has 1 aromatic rings. The lowest BCUT2D eigenvalue weighted by Crippen LogP contribution is -2.31. The quantitative estimate of drug-likeness (QED) is 0.872. The molecule has 5 heteroatoms. The molecule has 1 aromatic heterocycles. The van der Waals surface area contributed by atoms with Gasteiger partial charge >= 0.3 is 5.97 Å². The highest BCUT2D eigenvalue weighted by Gasteiger charge is 2.37. The highest BCUT2D eigenvalue weighted by atomic mass is 32.1. The molecule has 0 radical (unpaired) electrons. The average molecular weight is 303 g/mol. The third-order valence-electron chi connectivity index (χ3n) is 3.80. The zero-order chi connectivity index (χ0) is 14.8. The van der Waals surface area contributed by atoms with Gasteiger partial charge in [0.2, 0.25) is 0 Å². The van der Waals surface area contributed by atoms with Crippen molar-refractivity contribution in [3.63, 3.8) is 0 Å². The van der Waals surface area contributed by atoms with Crippen LogP contribution in [0, 0.1) is 0 Å². The summed E-state index contributed by atoms with van der Waals surface area (Å²) in [6, 6.07) is 3.92. The van der Waals surface area contributed by atoms with Gasteiger partial charge in [-0.1, -0.05) is 6.07 Å². The highest BCUT2D eigenvalue weighted by Crippen LogP contribution is 2.42. The predicted molar refractivity (Wildman–Crippen MR) is 80.8 cm³/mol. The first kappa shape index (κ1) is 14.1. The third kappa shape index (κ3) is 2.53. The molecule has 21 heavy (non-hydrogen) atoms. The van der Waals surface area contributed by atoms with Crippen LogP contribution in [-0.4, -0.2) is 18.4 Å². The lowest BCUT2D eigenvalue weighted by atomic mass is 9.79. The van der Waals surface area contributed by atoms with Crippen LogP contribution >= 0.6 is 11.3 Å². The summed E-state index contributed by atoms with van der Waals surface area (Å²) in [5.41, 5.74) is 2.22. The number of carbonyl (C=O) groups excluding carboxylic acids is 2. The summed E-state index contributed by atoms with van der Waals surface area (Å²) in [5.74, 6) is -0.501. The second-order valence-electron chi connectivity index (χ2n) is 5.08. The van der Waals surface area contributed by atoms with Crippen molar-refractivity contribution in [2.75, 3.05) is 6.61 Å². The Morgan fingerprint density at radius 3 is 3.05 bits per heavy atom. The van der Waals surface area contributed by atoms with E-state index in [0.29, 0.717) is 18.6 Å². The van der Waals surface area contributed by atoms with Gasteiger partial charge in [-0.25, -0.2) is 4.79 Å². The van der Waals surface area contributed by atoms with Crippen LogP contribution in [0.4, 0.5) is 0 Å². The number of hydrogen-bond donors (Lipinski definition) is 1. The number of thiophene rings is 1. The van der Waals surface area contributed by atoms with E-state index in [1.165, 1.54) is 0 Å². The molecule has 0 unspecified atom stereocenters. The number of rotatable bonds is 3. The van der Waals surface area contributed by atoms with Gasteiger partial charge < -0.3 is 10.1 Å². The SMILES string of the molecule is CCOC(=O)C1=CNC2=C(C(=O)CCC2)[C@H]1c1cccs1. The van der Waals surface area contributed by atoms with Gasteiger partial charge in [0.05, 0.1) is 18.1 Å². The van der Waals surface area contributed by atoms with Crippen LogP contribution in [0.3, 0.4) is 0 Å².